The van der Waals surface area contributed by atoms with Crippen LogP contribution >= 0.6 is 0 Å². The maximum Gasteiger partial charge on any atom is 0.290 e. The van der Waals surface area contributed by atoms with Crippen molar-refractivity contribution in [3.05, 3.63) is 89.3 Å². The highest BCUT2D eigenvalue weighted by Gasteiger charge is 2.24. The van der Waals surface area contributed by atoms with Gasteiger partial charge in [0, 0.05) is 17.5 Å². The van der Waals surface area contributed by atoms with Crippen LogP contribution in [0.4, 0.5) is 4.39 Å². The number of hydrogen-bond acceptors (Lipinski definition) is 4. The van der Waals surface area contributed by atoms with Crippen molar-refractivity contribution in [3.8, 4) is 5.75 Å². The molecular weight excluding hydrogens is 373 g/mol. The summed E-state index contributed by atoms with van der Waals surface area (Å²) in [4.78, 5) is 15.0. The van der Waals surface area contributed by atoms with Crippen molar-refractivity contribution >= 4 is 16.9 Å². The molecule has 4 aromatic rings. The number of methoxy groups -OCH3 is 1. The van der Waals surface area contributed by atoms with Gasteiger partial charge in [-0.15, -0.1) is 0 Å². The van der Waals surface area contributed by atoms with Crippen LogP contribution in [0.5, 0.6) is 5.75 Å². The fraction of sp³-hybridized carbons (Fsp3) is 0.174. The van der Waals surface area contributed by atoms with Crippen molar-refractivity contribution in [3.63, 3.8) is 0 Å². The first kappa shape index (κ1) is 18.8. The van der Waals surface area contributed by atoms with Crippen LogP contribution in [-0.4, -0.2) is 17.9 Å². The van der Waals surface area contributed by atoms with E-state index in [1.54, 1.807) is 31.3 Å². The van der Waals surface area contributed by atoms with Gasteiger partial charge in [0.1, 0.15) is 22.9 Å². The molecule has 2 heterocycles. The predicted octanol–water partition coefficient (Wildman–Crippen LogP) is 5.32. The highest BCUT2D eigenvalue weighted by atomic mass is 19.1. The van der Waals surface area contributed by atoms with Crippen molar-refractivity contribution in [1.29, 1.82) is 0 Å². The molecule has 0 radical (unpaired) electrons. The van der Waals surface area contributed by atoms with E-state index in [1.807, 2.05) is 30.3 Å². The summed E-state index contributed by atoms with van der Waals surface area (Å²) in [6, 6.07) is 15.3. The van der Waals surface area contributed by atoms with E-state index in [0.29, 0.717) is 28.8 Å². The van der Waals surface area contributed by atoms with E-state index < -0.39 is 0 Å². The second-order valence-corrected chi connectivity index (χ2v) is 6.79. The molecule has 0 fully saturated rings. The summed E-state index contributed by atoms with van der Waals surface area (Å²) in [5, 5.41) is 0.593. The maximum atomic E-state index is 13.6. The number of fused-ring (bicyclic) bond motifs is 1. The quantitative estimate of drug-likeness (QED) is 0.445. The minimum Gasteiger partial charge on any atom is -0.497 e. The molecule has 148 valence electrons. The molecule has 6 heteroatoms. The van der Waals surface area contributed by atoms with E-state index >= 15 is 0 Å². The van der Waals surface area contributed by atoms with Crippen molar-refractivity contribution in [2.24, 2.45) is 0 Å². The SMILES string of the molecule is COc1ccc(CN(Cc2ccco2)C(=O)c2oc3ccc(F)cc3c2C)cc1. The monoisotopic (exact) mass is 393 g/mol. The Morgan fingerprint density at radius 3 is 2.59 bits per heavy atom. The minimum atomic E-state index is -0.369. The van der Waals surface area contributed by atoms with Crippen LogP contribution < -0.4 is 4.74 Å². The van der Waals surface area contributed by atoms with Gasteiger partial charge in [-0.25, -0.2) is 4.39 Å². The Kier molecular flexibility index (Phi) is 5.08. The summed E-state index contributed by atoms with van der Waals surface area (Å²) in [6.07, 6.45) is 1.57. The van der Waals surface area contributed by atoms with E-state index in [9.17, 15) is 9.18 Å². The topological polar surface area (TPSA) is 55.8 Å². The van der Waals surface area contributed by atoms with E-state index in [4.69, 9.17) is 13.6 Å². The van der Waals surface area contributed by atoms with Gasteiger partial charge >= 0.3 is 0 Å². The van der Waals surface area contributed by atoms with Gasteiger partial charge < -0.3 is 18.5 Å². The summed E-state index contributed by atoms with van der Waals surface area (Å²) in [7, 11) is 1.61. The molecule has 0 aliphatic heterocycles. The highest BCUT2D eigenvalue weighted by molar-refractivity contribution is 5.98. The van der Waals surface area contributed by atoms with E-state index in [2.05, 4.69) is 0 Å². The Hall–Kier alpha value is -3.54. The molecule has 0 aliphatic carbocycles. The number of furan rings is 2. The lowest BCUT2D eigenvalue weighted by molar-refractivity contribution is 0.0686. The molecule has 5 nitrogen and oxygen atoms in total. The lowest BCUT2D eigenvalue weighted by atomic mass is 10.1. The van der Waals surface area contributed by atoms with Crippen LogP contribution in [0.3, 0.4) is 0 Å². The number of benzene rings is 2. The van der Waals surface area contributed by atoms with Crippen molar-refractivity contribution in [1.82, 2.24) is 4.90 Å². The van der Waals surface area contributed by atoms with Gasteiger partial charge in [0.15, 0.2) is 5.76 Å². The zero-order valence-corrected chi connectivity index (χ0v) is 16.1. The third kappa shape index (κ3) is 3.87. The predicted molar refractivity (Wildman–Crippen MR) is 106 cm³/mol. The molecule has 1 amide bonds. The number of aryl methyl sites for hydroxylation is 1. The van der Waals surface area contributed by atoms with E-state index in [-0.39, 0.29) is 24.0 Å². The molecule has 0 unspecified atom stereocenters. The summed E-state index contributed by atoms with van der Waals surface area (Å²) >= 11 is 0. The fourth-order valence-corrected chi connectivity index (χ4v) is 3.28. The Bertz CT molecular complexity index is 1130. The Balaban J connectivity index is 1.67. The summed E-state index contributed by atoms with van der Waals surface area (Å²) < 4.78 is 30.0. The molecule has 0 saturated carbocycles. The third-order valence-corrected chi connectivity index (χ3v) is 4.84. The lowest BCUT2D eigenvalue weighted by Crippen LogP contribution is -2.30. The number of nitrogens with zero attached hydrogens (tertiary/aromatic N) is 1. The van der Waals surface area contributed by atoms with Crippen LogP contribution in [0.2, 0.25) is 0 Å². The van der Waals surface area contributed by atoms with E-state index in [1.165, 1.54) is 18.2 Å². The second-order valence-electron chi connectivity index (χ2n) is 6.79. The second kappa shape index (κ2) is 7.83. The van der Waals surface area contributed by atoms with Gasteiger partial charge in [-0.3, -0.25) is 4.79 Å². The van der Waals surface area contributed by atoms with Crippen LogP contribution in [-0.2, 0) is 13.1 Å². The van der Waals surface area contributed by atoms with Gasteiger partial charge in [0.25, 0.3) is 5.91 Å². The first-order chi connectivity index (χ1) is 14.0. The molecule has 0 saturated heterocycles. The Morgan fingerprint density at radius 2 is 1.90 bits per heavy atom. The molecule has 4 rings (SSSR count). The van der Waals surface area contributed by atoms with Crippen molar-refractivity contribution in [2.75, 3.05) is 7.11 Å². The number of ether oxygens (including phenoxy) is 1. The minimum absolute atomic E-state index is 0.200. The number of carbonyl (C=O) groups excluding carboxylic acids is 1. The molecule has 0 spiro atoms. The lowest BCUT2D eigenvalue weighted by Gasteiger charge is -2.21. The number of amides is 1. The molecule has 0 bridgehead atoms. The zero-order valence-electron chi connectivity index (χ0n) is 16.1. The fourth-order valence-electron chi connectivity index (χ4n) is 3.28. The van der Waals surface area contributed by atoms with Gasteiger partial charge in [0.05, 0.1) is 19.9 Å². The first-order valence-corrected chi connectivity index (χ1v) is 9.18. The van der Waals surface area contributed by atoms with Crippen LogP contribution in [0.1, 0.15) is 27.4 Å². The Labute approximate surface area is 167 Å². The average molecular weight is 393 g/mol. The smallest absolute Gasteiger partial charge is 0.290 e. The molecule has 0 atom stereocenters. The van der Waals surface area contributed by atoms with Crippen LogP contribution in [0, 0.1) is 12.7 Å². The van der Waals surface area contributed by atoms with Gasteiger partial charge in [-0.05, 0) is 55.0 Å². The van der Waals surface area contributed by atoms with Gasteiger partial charge in [-0.1, -0.05) is 12.1 Å². The van der Waals surface area contributed by atoms with E-state index in [0.717, 1.165) is 11.3 Å². The first-order valence-electron chi connectivity index (χ1n) is 9.18. The zero-order chi connectivity index (χ0) is 20.4. The Morgan fingerprint density at radius 1 is 1.10 bits per heavy atom. The third-order valence-electron chi connectivity index (χ3n) is 4.84. The summed E-state index contributed by atoms with van der Waals surface area (Å²) in [6.45, 7) is 2.40. The normalized spacial score (nSPS) is 11.0. The number of carbonyl (C=O) groups is 1. The molecule has 0 aliphatic rings. The highest BCUT2D eigenvalue weighted by Crippen LogP contribution is 2.28. The standard InChI is InChI=1S/C23H20FNO4/c1-15-20-12-17(24)7-10-21(20)29-22(15)23(26)25(14-19-4-3-11-28-19)13-16-5-8-18(27-2)9-6-16/h3-12H,13-14H2,1-2H3. The molecule has 2 aromatic carbocycles. The van der Waals surface area contributed by atoms with Gasteiger partial charge in [0.2, 0.25) is 0 Å². The summed E-state index contributed by atoms with van der Waals surface area (Å²) in [5.74, 6) is 0.947. The average Bonchev–Trinajstić information content (AvgIpc) is 3.36. The molecule has 2 aromatic heterocycles. The number of rotatable bonds is 6. The van der Waals surface area contributed by atoms with Gasteiger partial charge in [-0.2, -0.15) is 0 Å². The van der Waals surface area contributed by atoms with Crippen molar-refractivity contribution in [2.45, 2.75) is 20.0 Å². The number of halogens is 1. The maximum absolute atomic E-state index is 13.6. The molecular formula is C23H20FNO4. The van der Waals surface area contributed by atoms with Crippen LogP contribution in [0.15, 0.2) is 69.7 Å². The van der Waals surface area contributed by atoms with Crippen molar-refractivity contribution < 1.29 is 22.8 Å². The largest absolute Gasteiger partial charge is 0.497 e. The number of hydrogen-bond donors (Lipinski definition) is 0. The van der Waals surface area contributed by atoms with Crippen LogP contribution in [0.25, 0.3) is 11.0 Å². The summed E-state index contributed by atoms with van der Waals surface area (Å²) in [5.41, 5.74) is 2.03. The molecule has 0 N–H and O–H groups in total. The molecule has 29 heavy (non-hydrogen) atoms.